The molecule has 0 N–H and O–H groups in total. The summed E-state index contributed by atoms with van der Waals surface area (Å²) in [6.07, 6.45) is 0. The van der Waals surface area contributed by atoms with E-state index in [9.17, 15) is 4.79 Å². The predicted molar refractivity (Wildman–Crippen MR) is 77.3 cm³/mol. The summed E-state index contributed by atoms with van der Waals surface area (Å²) in [7, 11) is 0. The second kappa shape index (κ2) is 5.36. The highest BCUT2D eigenvalue weighted by molar-refractivity contribution is 6.03. The number of rotatable bonds is 4. The van der Waals surface area contributed by atoms with Gasteiger partial charge in [0.2, 0.25) is 5.89 Å². The van der Waals surface area contributed by atoms with Crippen LogP contribution < -0.4 is 4.74 Å². The number of ether oxygens (including phenoxy) is 1. The Hall–Kier alpha value is -2.69. The lowest BCUT2D eigenvalue weighted by molar-refractivity contribution is 0.101. The maximum atomic E-state index is 11.8. The summed E-state index contributed by atoms with van der Waals surface area (Å²) in [6.45, 7) is 3.37. The van der Waals surface area contributed by atoms with Gasteiger partial charge in [0.1, 0.15) is 5.75 Å². The summed E-state index contributed by atoms with van der Waals surface area (Å²) < 4.78 is 11.1. The molecule has 0 radical (unpaired) electrons. The molecule has 2 aromatic carbocycles. The highest BCUT2D eigenvalue weighted by Crippen LogP contribution is 2.30. The zero-order valence-electron chi connectivity index (χ0n) is 11.8. The molecule has 5 heteroatoms. The maximum absolute atomic E-state index is 11.8. The van der Waals surface area contributed by atoms with Crippen LogP contribution in [0.15, 0.2) is 40.8 Å². The fourth-order valence-corrected chi connectivity index (χ4v) is 2.21. The summed E-state index contributed by atoms with van der Waals surface area (Å²) in [6, 6.07) is 11.4. The second-order valence-electron chi connectivity index (χ2n) is 4.72. The maximum Gasteiger partial charge on any atom is 0.253 e. The number of aryl methyl sites for hydroxylation is 1. The number of aromatic nitrogens is 2. The van der Waals surface area contributed by atoms with Gasteiger partial charge in [0.15, 0.2) is 12.4 Å². The zero-order valence-corrected chi connectivity index (χ0v) is 11.8. The minimum atomic E-state index is -0.0440. The molecular weight excluding hydrogens is 268 g/mol. The third kappa shape index (κ3) is 2.63. The summed E-state index contributed by atoms with van der Waals surface area (Å²) in [5.41, 5.74) is 0.546. The minimum Gasteiger partial charge on any atom is -0.482 e. The number of hydrogen-bond acceptors (Lipinski definition) is 5. The van der Waals surface area contributed by atoms with Gasteiger partial charge in [-0.3, -0.25) is 4.79 Å². The molecule has 0 atom stereocenters. The molecule has 3 rings (SSSR count). The summed E-state index contributed by atoms with van der Waals surface area (Å²) in [5.74, 6) is 1.38. The van der Waals surface area contributed by atoms with Gasteiger partial charge in [-0.05, 0) is 18.4 Å². The number of carbonyl (C=O) groups excluding carboxylic acids is 1. The molecule has 1 aromatic heterocycles. The predicted octanol–water partition coefficient (Wildman–Crippen LogP) is 3.31. The molecule has 1 heterocycles. The van der Waals surface area contributed by atoms with E-state index in [-0.39, 0.29) is 12.4 Å². The molecule has 21 heavy (non-hydrogen) atoms. The molecule has 0 bridgehead atoms. The normalized spacial score (nSPS) is 10.8. The third-order valence-corrected chi connectivity index (χ3v) is 3.17. The van der Waals surface area contributed by atoms with Crippen LogP contribution in [0.4, 0.5) is 0 Å². The Balaban J connectivity index is 2.01. The van der Waals surface area contributed by atoms with Crippen molar-refractivity contribution in [3.8, 4) is 5.75 Å². The monoisotopic (exact) mass is 282 g/mol. The Morgan fingerprint density at radius 1 is 1.19 bits per heavy atom. The van der Waals surface area contributed by atoms with E-state index in [0.717, 1.165) is 10.8 Å². The Labute approximate surface area is 121 Å². The van der Waals surface area contributed by atoms with Gasteiger partial charge < -0.3 is 9.15 Å². The van der Waals surface area contributed by atoms with E-state index in [1.807, 2.05) is 30.3 Å². The van der Waals surface area contributed by atoms with Crippen LogP contribution in [0.1, 0.15) is 29.1 Å². The molecule has 0 unspecified atom stereocenters. The van der Waals surface area contributed by atoms with E-state index < -0.39 is 0 Å². The lowest BCUT2D eigenvalue weighted by Gasteiger charge is -2.11. The minimum absolute atomic E-state index is 0.0440. The summed E-state index contributed by atoms with van der Waals surface area (Å²) in [4.78, 5) is 11.8. The molecule has 0 fully saturated rings. The van der Waals surface area contributed by atoms with Gasteiger partial charge in [-0.1, -0.05) is 30.3 Å². The molecule has 5 nitrogen and oxygen atoms in total. The standard InChI is InChI=1S/C16H14N2O3/c1-10(19)13-8-7-12-5-3-4-6-14(12)16(13)20-9-15-18-17-11(2)21-15/h3-8H,9H2,1-2H3. The number of fused-ring (bicyclic) bond motifs is 1. The van der Waals surface area contributed by atoms with Crippen molar-refractivity contribution in [1.82, 2.24) is 10.2 Å². The Kier molecular flexibility index (Phi) is 3.39. The van der Waals surface area contributed by atoms with Gasteiger partial charge in [0, 0.05) is 12.3 Å². The van der Waals surface area contributed by atoms with E-state index in [4.69, 9.17) is 9.15 Å². The van der Waals surface area contributed by atoms with Crippen LogP contribution in [0, 0.1) is 6.92 Å². The summed E-state index contributed by atoms with van der Waals surface area (Å²) >= 11 is 0. The van der Waals surface area contributed by atoms with Crippen LogP contribution in [0.5, 0.6) is 5.75 Å². The number of carbonyl (C=O) groups is 1. The van der Waals surface area contributed by atoms with Gasteiger partial charge in [-0.15, -0.1) is 10.2 Å². The average Bonchev–Trinajstić information content (AvgIpc) is 2.90. The largest absolute Gasteiger partial charge is 0.482 e. The summed E-state index contributed by atoms with van der Waals surface area (Å²) in [5, 5.41) is 9.55. The van der Waals surface area contributed by atoms with Gasteiger partial charge in [-0.2, -0.15) is 0 Å². The molecular formula is C16H14N2O3. The van der Waals surface area contributed by atoms with E-state index in [1.165, 1.54) is 6.92 Å². The first-order valence-corrected chi connectivity index (χ1v) is 6.59. The van der Waals surface area contributed by atoms with E-state index in [2.05, 4.69) is 10.2 Å². The van der Waals surface area contributed by atoms with Crippen LogP contribution in [0.3, 0.4) is 0 Å². The van der Waals surface area contributed by atoms with Crippen molar-refractivity contribution >= 4 is 16.6 Å². The van der Waals surface area contributed by atoms with Crippen LogP contribution >= 0.6 is 0 Å². The molecule has 0 saturated heterocycles. The highest BCUT2D eigenvalue weighted by Gasteiger charge is 2.14. The SMILES string of the molecule is CC(=O)c1ccc2ccccc2c1OCc1nnc(C)o1. The first-order valence-electron chi connectivity index (χ1n) is 6.59. The van der Waals surface area contributed by atoms with Crippen molar-refractivity contribution in [2.75, 3.05) is 0 Å². The molecule has 0 spiro atoms. The molecule has 0 aliphatic heterocycles. The number of benzene rings is 2. The van der Waals surface area contributed by atoms with Crippen LogP contribution in [-0.2, 0) is 6.61 Å². The van der Waals surface area contributed by atoms with Gasteiger partial charge in [0.05, 0.1) is 5.56 Å². The van der Waals surface area contributed by atoms with Crippen molar-refractivity contribution in [2.24, 2.45) is 0 Å². The van der Waals surface area contributed by atoms with Crippen molar-refractivity contribution in [3.05, 3.63) is 53.7 Å². The number of ketones is 1. The molecule has 0 aliphatic carbocycles. The first kappa shape index (κ1) is 13.3. The molecule has 106 valence electrons. The van der Waals surface area contributed by atoms with E-state index in [0.29, 0.717) is 23.1 Å². The Morgan fingerprint density at radius 3 is 2.71 bits per heavy atom. The topological polar surface area (TPSA) is 65.2 Å². The third-order valence-electron chi connectivity index (χ3n) is 3.17. The fourth-order valence-electron chi connectivity index (χ4n) is 2.21. The lowest BCUT2D eigenvalue weighted by Crippen LogP contribution is -2.02. The van der Waals surface area contributed by atoms with Crippen LogP contribution in [0.25, 0.3) is 10.8 Å². The van der Waals surface area contributed by atoms with Gasteiger partial charge in [-0.25, -0.2) is 0 Å². The molecule has 0 amide bonds. The Bertz CT molecular complexity index is 808. The fraction of sp³-hybridized carbons (Fsp3) is 0.188. The smallest absolute Gasteiger partial charge is 0.253 e. The average molecular weight is 282 g/mol. The molecule has 0 saturated carbocycles. The highest BCUT2D eigenvalue weighted by atomic mass is 16.5. The number of hydrogen-bond donors (Lipinski definition) is 0. The van der Waals surface area contributed by atoms with Crippen molar-refractivity contribution in [1.29, 1.82) is 0 Å². The zero-order chi connectivity index (χ0) is 14.8. The van der Waals surface area contributed by atoms with Crippen molar-refractivity contribution in [3.63, 3.8) is 0 Å². The first-order chi connectivity index (χ1) is 10.1. The lowest BCUT2D eigenvalue weighted by atomic mass is 10.0. The van der Waals surface area contributed by atoms with Crippen molar-refractivity contribution in [2.45, 2.75) is 20.5 Å². The quantitative estimate of drug-likeness (QED) is 0.687. The molecule has 0 aliphatic rings. The molecule has 3 aromatic rings. The number of Topliss-reactive ketones (excluding diaryl/α,β-unsaturated/α-hetero) is 1. The van der Waals surface area contributed by atoms with Crippen molar-refractivity contribution < 1.29 is 13.9 Å². The van der Waals surface area contributed by atoms with E-state index in [1.54, 1.807) is 13.0 Å². The van der Waals surface area contributed by atoms with Crippen LogP contribution in [-0.4, -0.2) is 16.0 Å². The second-order valence-corrected chi connectivity index (χ2v) is 4.72. The number of nitrogens with zero attached hydrogens (tertiary/aromatic N) is 2. The van der Waals surface area contributed by atoms with Crippen LogP contribution in [0.2, 0.25) is 0 Å². The van der Waals surface area contributed by atoms with E-state index >= 15 is 0 Å². The van der Waals surface area contributed by atoms with Gasteiger partial charge in [0.25, 0.3) is 5.89 Å². The van der Waals surface area contributed by atoms with Gasteiger partial charge >= 0.3 is 0 Å². The Morgan fingerprint density at radius 2 is 2.00 bits per heavy atom.